The Balaban J connectivity index is 2.08. The third-order valence-electron chi connectivity index (χ3n) is 5.62. The monoisotopic (exact) mass is 439 g/mol. The molecule has 0 fully saturated rings. The number of nitrogens with zero attached hydrogens (tertiary/aromatic N) is 2. The number of carbonyl (C=O) groups is 1. The number of pyridine rings is 1. The number of thiophene rings is 1. The number of carbonyl (C=O) groups excluding carboxylic acids is 1. The summed E-state index contributed by atoms with van der Waals surface area (Å²) in [6, 6.07) is 8.14. The van der Waals surface area contributed by atoms with Crippen LogP contribution in [-0.4, -0.2) is 49.0 Å². The molecule has 0 radical (unpaired) electrons. The number of likely N-dealkylation sites (N-methyl/N-ethyl adjacent to an activating group) is 1. The van der Waals surface area contributed by atoms with E-state index in [4.69, 9.17) is 4.74 Å². The summed E-state index contributed by atoms with van der Waals surface area (Å²) in [5.74, 6) is 1.05. The van der Waals surface area contributed by atoms with Crippen molar-refractivity contribution in [3.63, 3.8) is 0 Å². The third kappa shape index (κ3) is 5.25. The lowest BCUT2D eigenvalue weighted by Gasteiger charge is -2.19. The largest absolute Gasteiger partial charge is 0.490 e. The van der Waals surface area contributed by atoms with Gasteiger partial charge in [-0.25, -0.2) is 0 Å². The number of ketones is 1. The molecular formula is C25H33N3O2S. The van der Waals surface area contributed by atoms with Gasteiger partial charge in [0.25, 0.3) is 0 Å². The molecule has 0 unspecified atom stereocenters. The normalized spacial score (nSPS) is 11.3. The highest BCUT2D eigenvalue weighted by Crippen LogP contribution is 2.45. The van der Waals surface area contributed by atoms with E-state index < -0.39 is 0 Å². The summed E-state index contributed by atoms with van der Waals surface area (Å²) in [6.45, 7) is 9.91. The summed E-state index contributed by atoms with van der Waals surface area (Å²) in [4.78, 5) is 19.5. The molecule has 0 saturated heterocycles. The fraction of sp³-hybridized carbons (Fsp3) is 0.440. The number of Topliss-reactive ketones (excluding diaryl/α,β-unsaturated/α-hetero) is 1. The van der Waals surface area contributed by atoms with E-state index in [9.17, 15) is 4.79 Å². The molecule has 0 aliphatic carbocycles. The van der Waals surface area contributed by atoms with Crippen LogP contribution in [-0.2, 0) is 0 Å². The summed E-state index contributed by atoms with van der Waals surface area (Å²) in [7, 11) is 1.88. The Labute approximate surface area is 189 Å². The van der Waals surface area contributed by atoms with Gasteiger partial charge in [-0.15, -0.1) is 11.3 Å². The van der Waals surface area contributed by atoms with E-state index in [1.807, 2.05) is 19.2 Å². The highest BCUT2D eigenvalue weighted by Gasteiger charge is 2.22. The summed E-state index contributed by atoms with van der Waals surface area (Å²) in [5.41, 5.74) is 2.89. The van der Waals surface area contributed by atoms with Crippen LogP contribution < -0.4 is 10.1 Å². The minimum atomic E-state index is 0.197. The van der Waals surface area contributed by atoms with Gasteiger partial charge in [0.05, 0.1) is 10.3 Å². The molecule has 0 spiro atoms. The zero-order valence-corrected chi connectivity index (χ0v) is 19.8. The second-order valence-corrected chi connectivity index (χ2v) is 8.53. The molecule has 0 atom stereocenters. The second-order valence-electron chi connectivity index (χ2n) is 7.51. The molecule has 0 bridgehead atoms. The maximum atomic E-state index is 13.0. The topological polar surface area (TPSA) is 54.5 Å². The molecule has 0 saturated carbocycles. The van der Waals surface area contributed by atoms with Gasteiger partial charge in [0, 0.05) is 43.4 Å². The van der Waals surface area contributed by atoms with Crippen LogP contribution >= 0.6 is 11.3 Å². The Bertz CT molecular complexity index is 997. The molecule has 2 heterocycles. The lowest BCUT2D eigenvalue weighted by atomic mass is 10.00. The zero-order chi connectivity index (χ0) is 22.2. The highest BCUT2D eigenvalue weighted by atomic mass is 32.1. The summed E-state index contributed by atoms with van der Waals surface area (Å²) in [5, 5.41) is 5.14. The van der Waals surface area contributed by atoms with Gasteiger partial charge in [0.2, 0.25) is 0 Å². The molecule has 166 valence electrons. The molecule has 1 N–H and O–H groups in total. The van der Waals surface area contributed by atoms with Crippen molar-refractivity contribution in [2.24, 2.45) is 0 Å². The van der Waals surface area contributed by atoms with E-state index in [0.717, 1.165) is 70.0 Å². The Morgan fingerprint density at radius 3 is 2.52 bits per heavy atom. The van der Waals surface area contributed by atoms with Gasteiger partial charge in [-0.2, -0.15) is 0 Å². The molecule has 3 rings (SSSR count). The molecule has 1 aromatic carbocycles. The molecule has 3 aromatic rings. The van der Waals surface area contributed by atoms with Crippen molar-refractivity contribution >= 4 is 32.2 Å². The van der Waals surface area contributed by atoms with Crippen molar-refractivity contribution in [1.82, 2.24) is 9.88 Å². The number of aromatic nitrogens is 1. The number of hydrogen-bond donors (Lipinski definition) is 1. The van der Waals surface area contributed by atoms with Crippen LogP contribution in [0.3, 0.4) is 0 Å². The van der Waals surface area contributed by atoms with Crippen LogP contribution in [0.1, 0.15) is 50.4 Å². The number of anilines is 1. The maximum absolute atomic E-state index is 13.0. The van der Waals surface area contributed by atoms with Gasteiger partial charge in [0.15, 0.2) is 5.78 Å². The van der Waals surface area contributed by atoms with E-state index in [-0.39, 0.29) is 5.78 Å². The molecule has 0 aliphatic heterocycles. The standard InChI is InChI=1S/C25H33N3O2S/c1-5-8-9-21(29)22-20-11-10-19(18-12-14-27-15-13-18)23(24(20)31-25(22)26-4)30-17-16-28(6-2)7-3/h10-15,26H,5-9,16-17H2,1-4H3. The zero-order valence-electron chi connectivity index (χ0n) is 19.0. The van der Waals surface area contributed by atoms with Crippen LogP contribution in [0.5, 0.6) is 5.75 Å². The van der Waals surface area contributed by atoms with Crippen LogP contribution in [0.25, 0.3) is 21.2 Å². The average Bonchev–Trinajstić information content (AvgIpc) is 3.20. The van der Waals surface area contributed by atoms with Gasteiger partial charge in [-0.05, 0) is 43.3 Å². The summed E-state index contributed by atoms with van der Waals surface area (Å²) >= 11 is 1.61. The lowest BCUT2D eigenvalue weighted by molar-refractivity contribution is 0.0982. The Hall–Kier alpha value is -2.44. The van der Waals surface area contributed by atoms with Crippen LogP contribution in [0.4, 0.5) is 5.00 Å². The first-order valence-corrected chi connectivity index (χ1v) is 12.0. The number of nitrogens with one attached hydrogen (secondary N) is 1. The molecule has 31 heavy (non-hydrogen) atoms. The van der Waals surface area contributed by atoms with Gasteiger partial charge in [-0.3, -0.25) is 9.78 Å². The van der Waals surface area contributed by atoms with Gasteiger partial charge < -0.3 is 15.0 Å². The maximum Gasteiger partial charge on any atom is 0.166 e. The number of ether oxygens (including phenoxy) is 1. The number of benzene rings is 1. The molecule has 0 amide bonds. The Kier molecular flexibility index (Phi) is 8.43. The van der Waals surface area contributed by atoms with Crippen molar-refractivity contribution in [2.75, 3.05) is 38.6 Å². The van der Waals surface area contributed by atoms with Crippen molar-refractivity contribution in [1.29, 1.82) is 0 Å². The van der Waals surface area contributed by atoms with Crippen LogP contribution in [0, 0.1) is 0 Å². The number of rotatable bonds is 12. The summed E-state index contributed by atoms with van der Waals surface area (Å²) < 4.78 is 7.45. The first kappa shape index (κ1) is 23.2. The van der Waals surface area contributed by atoms with Crippen molar-refractivity contribution in [3.05, 3.63) is 42.2 Å². The molecule has 5 nitrogen and oxygen atoms in total. The third-order valence-corrected chi connectivity index (χ3v) is 6.84. The summed E-state index contributed by atoms with van der Waals surface area (Å²) in [6.07, 6.45) is 6.08. The quantitative estimate of drug-likeness (QED) is 0.346. The fourth-order valence-electron chi connectivity index (χ4n) is 3.77. The number of fused-ring (bicyclic) bond motifs is 1. The predicted molar refractivity (Wildman–Crippen MR) is 132 cm³/mol. The number of unbranched alkanes of at least 4 members (excludes halogenated alkanes) is 1. The van der Waals surface area contributed by atoms with E-state index in [1.165, 1.54) is 0 Å². The van der Waals surface area contributed by atoms with Gasteiger partial charge in [0.1, 0.15) is 17.4 Å². The first-order valence-electron chi connectivity index (χ1n) is 11.2. The smallest absolute Gasteiger partial charge is 0.166 e. The predicted octanol–water partition coefficient (Wildman–Crippen LogP) is 6.10. The van der Waals surface area contributed by atoms with Gasteiger partial charge >= 0.3 is 0 Å². The van der Waals surface area contributed by atoms with Crippen LogP contribution in [0.2, 0.25) is 0 Å². The lowest BCUT2D eigenvalue weighted by Crippen LogP contribution is -2.28. The van der Waals surface area contributed by atoms with Crippen molar-refractivity contribution < 1.29 is 9.53 Å². The highest BCUT2D eigenvalue weighted by molar-refractivity contribution is 7.23. The fourth-order valence-corrected chi connectivity index (χ4v) is 4.94. The molecule has 6 heteroatoms. The minimum Gasteiger partial charge on any atom is -0.490 e. The van der Waals surface area contributed by atoms with E-state index in [1.54, 1.807) is 23.7 Å². The Morgan fingerprint density at radius 1 is 1.13 bits per heavy atom. The van der Waals surface area contributed by atoms with Gasteiger partial charge in [-0.1, -0.05) is 33.3 Å². The number of hydrogen-bond acceptors (Lipinski definition) is 6. The molecule has 0 aliphatic rings. The molecular weight excluding hydrogens is 406 g/mol. The van der Waals surface area contributed by atoms with Crippen LogP contribution in [0.15, 0.2) is 36.7 Å². The first-order chi connectivity index (χ1) is 15.1. The SMILES string of the molecule is CCCCC(=O)c1c(NC)sc2c(OCCN(CC)CC)c(-c3ccncc3)ccc12. The van der Waals surface area contributed by atoms with Crippen molar-refractivity contribution in [3.8, 4) is 16.9 Å². The minimum absolute atomic E-state index is 0.197. The van der Waals surface area contributed by atoms with E-state index in [2.05, 4.69) is 48.1 Å². The average molecular weight is 440 g/mol. The molecule has 2 aromatic heterocycles. The van der Waals surface area contributed by atoms with E-state index >= 15 is 0 Å². The van der Waals surface area contributed by atoms with E-state index in [0.29, 0.717) is 13.0 Å². The van der Waals surface area contributed by atoms with Crippen molar-refractivity contribution in [2.45, 2.75) is 40.0 Å². The Morgan fingerprint density at radius 2 is 1.87 bits per heavy atom. The second kappa shape index (κ2) is 11.3.